The van der Waals surface area contributed by atoms with E-state index >= 15 is 0 Å². The fraction of sp³-hybridized carbons (Fsp3) is 0.455. The third-order valence-electron chi connectivity index (χ3n) is 2.62. The molecule has 1 heterocycles. The van der Waals surface area contributed by atoms with Crippen molar-refractivity contribution in [1.82, 2.24) is 0 Å². The van der Waals surface area contributed by atoms with Crippen LogP contribution in [0.5, 0.6) is 0 Å². The Bertz CT molecular complexity index is 329. The highest BCUT2D eigenvalue weighted by Gasteiger charge is 2.31. The number of hydrogen-bond acceptors (Lipinski definition) is 3. The normalized spacial score (nSPS) is 22.2. The molecule has 0 spiro atoms. The monoisotopic (exact) mass is 209 g/mol. The van der Waals surface area contributed by atoms with Crippen molar-refractivity contribution in [3.63, 3.8) is 0 Å². The summed E-state index contributed by atoms with van der Waals surface area (Å²) < 4.78 is 0. The summed E-state index contributed by atoms with van der Waals surface area (Å²) in [5.41, 5.74) is 1.23. The average molecular weight is 209 g/mol. The number of nitrogens with zero attached hydrogens (tertiary/aromatic N) is 1. The smallest absolute Gasteiger partial charge is 0.105 e. The fourth-order valence-corrected chi connectivity index (χ4v) is 3.10. The van der Waals surface area contributed by atoms with E-state index in [-0.39, 0.29) is 11.5 Å². The Hall–Kier alpha value is -0.670. The van der Waals surface area contributed by atoms with E-state index in [0.29, 0.717) is 0 Å². The van der Waals surface area contributed by atoms with Gasteiger partial charge in [-0.1, -0.05) is 30.8 Å². The highest BCUT2D eigenvalue weighted by atomic mass is 32.2. The van der Waals surface area contributed by atoms with E-state index < -0.39 is 0 Å². The molecular formula is C11H15NOS. The second-order valence-electron chi connectivity index (χ2n) is 3.56. The summed E-state index contributed by atoms with van der Waals surface area (Å²) in [6.45, 7) is 2.02. The van der Waals surface area contributed by atoms with Crippen LogP contribution in [0, 0.1) is 0 Å². The Morgan fingerprint density at radius 1 is 1.50 bits per heavy atom. The van der Waals surface area contributed by atoms with Crippen molar-refractivity contribution in [3.05, 3.63) is 24.3 Å². The molecule has 0 aliphatic carbocycles. The van der Waals surface area contributed by atoms with Gasteiger partial charge in [0.05, 0.1) is 11.8 Å². The van der Waals surface area contributed by atoms with Crippen molar-refractivity contribution in [1.29, 1.82) is 0 Å². The van der Waals surface area contributed by atoms with Crippen LogP contribution in [0.1, 0.15) is 13.3 Å². The van der Waals surface area contributed by atoms with Gasteiger partial charge in [0.2, 0.25) is 0 Å². The van der Waals surface area contributed by atoms with Crippen LogP contribution < -0.4 is 4.90 Å². The number of hydrogen-bond donors (Lipinski definition) is 1. The number of fused-ring (bicyclic) bond motifs is 1. The van der Waals surface area contributed by atoms with Gasteiger partial charge in [0.1, 0.15) is 5.37 Å². The lowest BCUT2D eigenvalue weighted by Gasteiger charge is -2.25. The zero-order valence-corrected chi connectivity index (χ0v) is 9.29. The molecule has 3 heteroatoms. The molecule has 0 aromatic heterocycles. The SMILES string of the molecule is CC[C@H](O)[C@H]1Sc2ccccc2N1C. The largest absolute Gasteiger partial charge is 0.390 e. The molecule has 2 atom stereocenters. The van der Waals surface area contributed by atoms with E-state index in [2.05, 4.69) is 17.0 Å². The van der Waals surface area contributed by atoms with Crippen molar-refractivity contribution >= 4 is 17.4 Å². The lowest BCUT2D eigenvalue weighted by atomic mass is 10.2. The lowest BCUT2D eigenvalue weighted by Crippen LogP contribution is -2.35. The van der Waals surface area contributed by atoms with Crippen molar-refractivity contribution in [2.45, 2.75) is 29.7 Å². The average Bonchev–Trinajstić information content (AvgIpc) is 2.56. The first-order valence-corrected chi connectivity index (χ1v) is 5.78. The summed E-state index contributed by atoms with van der Waals surface area (Å²) in [5, 5.41) is 10.0. The Morgan fingerprint density at radius 2 is 2.21 bits per heavy atom. The fourth-order valence-electron chi connectivity index (χ4n) is 1.73. The number of aliphatic hydroxyl groups is 1. The minimum atomic E-state index is -0.252. The number of aliphatic hydroxyl groups excluding tert-OH is 1. The van der Waals surface area contributed by atoms with E-state index in [4.69, 9.17) is 0 Å². The minimum Gasteiger partial charge on any atom is -0.390 e. The Labute approximate surface area is 88.9 Å². The predicted molar refractivity (Wildman–Crippen MR) is 60.8 cm³/mol. The number of anilines is 1. The number of rotatable bonds is 2. The zero-order valence-electron chi connectivity index (χ0n) is 8.47. The van der Waals surface area contributed by atoms with Crippen molar-refractivity contribution < 1.29 is 5.11 Å². The predicted octanol–water partition coefficient (Wildman–Crippen LogP) is 2.33. The van der Waals surface area contributed by atoms with Gasteiger partial charge in [-0.05, 0) is 18.6 Å². The summed E-state index contributed by atoms with van der Waals surface area (Å²) in [4.78, 5) is 3.43. The Balaban J connectivity index is 2.25. The molecule has 0 radical (unpaired) electrons. The van der Waals surface area contributed by atoms with Crippen LogP contribution in [0.2, 0.25) is 0 Å². The van der Waals surface area contributed by atoms with Crippen LogP contribution in [0.25, 0.3) is 0 Å². The molecule has 1 N–H and O–H groups in total. The molecule has 1 aliphatic heterocycles. The van der Waals surface area contributed by atoms with Crippen LogP contribution in [0.3, 0.4) is 0 Å². The molecule has 2 nitrogen and oxygen atoms in total. The molecule has 0 unspecified atom stereocenters. The molecule has 0 saturated carbocycles. The first-order chi connectivity index (χ1) is 6.74. The van der Waals surface area contributed by atoms with Crippen LogP contribution in [0.4, 0.5) is 5.69 Å². The van der Waals surface area contributed by atoms with Gasteiger partial charge >= 0.3 is 0 Å². The maximum Gasteiger partial charge on any atom is 0.105 e. The van der Waals surface area contributed by atoms with Gasteiger partial charge < -0.3 is 10.0 Å². The first-order valence-electron chi connectivity index (χ1n) is 4.90. The van der Waals surface area contributed by atoms with E-state index in [1.165, 1.54) is 10.6 Å². The number of likely N-dealkylation sites (N-methyl/N-ethyl adjacent to an activating group) is 1. The summed E-state index contributed by atoms with van der Waals surface area (Å²) in [5.74, 6) is 0. The zero-order chi connectivity index (χ0) is 10.1. The van der Waals surface area contributed by atoms with Crippen molar-refractivity contribution in [2.75, 3.05) is 11.9 Å². The number of thioether (sulfide) groups is 1. The van der Waals surface area contributed by atoms with E-state index in [0.717, 1.165) is 6.42 Å². The van der Waals surface area contributed by atoms with Gasteiger partial charge in [0.25, 0.3) is 0 Å². The van der Waals surface area contributed by atoms with Crippen LogP contribution in [-0.4, -0.2) is 23.6 Å². The summed E-state index contributed by atoms with van der Waals surface area (Å²) in [7, 11) is 2.04. The van der Waals surface area contributed by atoms with Gasteiger partial charge in [0.15, 0.2) is 0 Å². The Kier molecular flexibility index (Phi) is 2.70. The number of para-hydroxylation sites is 1. The highest BCUT2D eigenvalue weighted by molar-refractivity contribution is 8.00. The molecule has 1 aromatic rings. The topological polar surface area (TPSA) is 23.5 Å². The minimum absolute atomic E-state index is 0.178. The molecule has 0 saturated heterocycles. The molecule has 2 rings (SSSR count). The number of benzene rings is 1. The van der Waals surface area contributed by atoms with Crippen LogP contribution in [0.15, 0.2) is 29.2 Å². The maximum absolute atomic E-state index is 9.84. The van der Waals surface area contributed by atoms with Gasteiger partial charge in [0, 0.05) is 11.9 Å². The van der Waals surface area contributed by atoms with Gasteiger partial charge in [-0.15, -0.1) is 0 Å². The third kappa shape index (κ3) is 1.51. The van der Waals surface area contributed by atoms with Crippen molar-refractivity contribution in [3.8, 4) is 0 Å². The molecule has 1 aliphatic rings. The van der Waals surface area contributed by atoms with E-state index in [9.17, 15) is 5.11 Å². The molecule has 14 heavy (non-hydrogen) atoms. The van der Waals surface area contributed by atoms with Gasteiger partial charge in [-0.25, -0.2) is 0 Å². The summed E-state index contributed by atoms with van der Waals surface area (Å²) >= 11 is 1.75. The molecule has 0 bridgehead atoms. The molecule has 76 valence electrons. The highest BCUT2D eigenvalue weighted by Crippen LogP contribution is 2.43. The Morgan fingerprint density at radius 3 is 2.86 bits per heavy atom. The molecule has 1 aromatic carbocycles. The second-order valence-corrected chi connectivity index (χ2v) is 4.72. The molecule has 0 amide bonds. The summed E-state index contributed by atoms with van der Waals surface area (Å²) in [6, 6.07) is 8.29. The maximum atomic E-state index is 9.84. The molecular weight excluding hydrogens is 194 g/mol. The second kappa shape index (κ2) is 3.83. The van der Waals surface area contributed by atoms with Crippen LogP contribution in [-0.2, 0) is 0 Å². The van der Waals surface area contributed by atoms with Gasteiger partial charge in [-0.3, -0.25) is 0 Å². The summed E-state index contributed by atoms with van der Waals surface area (Å²) in [6.07, 6.45) is 0.549. The quantitative estimate of drug-likeness (QED) is 0.808. The molecule has 0 fully saturated rings. The van der Waals surface area contributed by atoms with E-state index in [1.54, 1.807) is 11.8 Å². The van der Waals surface area contributed by atoms with E-state index in [1.807, 2.05) is 26.1 Å². The van der Waals surface area contributed by atoms with Crippen molar-refractivity contribution in [2.24, 2.45) is 0 Å². The first kappa shape index (κ1) is 9.87. The van der Waals surface area contributed by atoms with Gasteiger partial charge in [-0.2, -0.15) is 0 Å². The standard InChI is InChI=1S/C11H15NOS/c1-3-9(13)11-12(2)8-6-4-5-7-10(8)14-11/h4-7,9,11,13H,3H2,1-2H3/t9-,11+/m0/s1. The third-order valence-corrected chi connectivity index (χ3v) is 4.09. The van der Waals surface area contributed by atoms with Crippen LogP contribution >= 0.6 is 11.8 Å². The lowest BCUT2D eigenvalue weighted by molar-refractivity contribution is 0.167.